The summed E-state index contributed by atoms with van der Waals surface area (Å²) < 4.78 is 13.0. The minimum atomic E-state index is -0.207. The summed E-state index contributed by atoms with van der Waals surface area (Å²) >= 11 is 0. The molecule has 1 N–H and O–H groups in total. The van der Waals surface area contributed by atoms with E-state index in [1.807, 2.05) is 6.07 Å². The highest BCUT2D eigenvalue weighted by molar-refractivity contribution is 5.76. The number of benzene rings is 1. The Hall–Kier alpha value is -1.42. The Labute approximate surface area is 94.3 Å². The van der Waals surface area contributed by atoms with E-state index in [0.717, 1.165) is 18.7 Å². The third-order valence-electron chi connectivity index (χ3n) is 2.70. The summed E-state index contributed by atoms with van der Waals surface area (Å²) in [5.41, 5.74) is 0.953. The Bertz CT molecular complexity index is 381. The largest absolute Gasteiger partial charge is 0.355 e. The van der Waals surface area contributed by atoms with Gasteiger partial charge in [-0.2, -0.15) is 0 Å². The predicted molar refractivity (Wildman–Crippen MR) is 59.3 cm³/mol. The van der Waals surface area contributed by atoms with Gasteiger partial charge in [0.1, 0.15) is 5.82 Å². The number of rotatable bonds is 2. The van der Waals surface area contributed by atoms with E-state index in [1.54, 1.807) is 12.1 Å². The van der Waals surface area contributed by atoms with Crippen LogP contribution in [0.5, 0.6) is 0 Å². The van der Waals surface area contributed by atoms with E-state index in [1.165, 1.54) is 6.07 Å². The van der Waals surface area contributed by atoms with E-state index in [0.29, 0.717) is 19.5 Å². The summed E-state index contributed by atoms with van der Waals surface area (Å²) in [7, 11) is 0. The first-order chi connectivity index (χ1) is 7.74. The van der Waals surface area contributed by atoms with E-state index in [4.69, 9.17) is 0 Å². The molecule has 1 aromatic carbocycles. The van der Waals surface area contributed by atoms with Crippen LogP contribution in [0.3, 0.4) is 0 Å². The number of halogens is 1. The van der Waals surface area contributed by atoms with Crippen molar-refractivity contribution in [3.63, 3.8) is 0 Å². The summed E-state index contributed by atoms with van der Waals surface area (Å²) in [6.07, 6.45) is 0.523. The average Bonchev–Trinajstić information content (AvgIpc) is 2.44. The van der Waals surface area contributed by atoms with Crippen molar-refractivity contribution in [3.05, 3.63) is 35.6 Å². The van der Waals surface area contributed by atoms with Crippen LogP contribution in [0.4, 0.5) is 4.39 Å². The Morgan fingerprint density at radius 2 is 2.25 bits per heavy atom. The molecule has 1 amide bonds. The molecule has 0 saturated carbocycles. The number of carbonyl (C=O) groups is 1. The van der Waals surface area contributed by atoms with Gasteiger partial charge in [0.05, 0.1) is 0 Å². The van der Waals surface area contributed by atoms with Crippen molar-refractivity contribution in [2.45, 2.75) is 13.0 Å². The normalized spacial score (nSPS) is 17.9. The van der Waals surface area contributed by atoms with Gasteiger partial charge in [0.2, 0.25) is 5.91 Å². The van der Waals surface area contributed by atoms with Crippen molar-refractivity contribution < 1.29 is 9.18 Å². The third-order valence-corrected chi connectivity index (χ3v) is 2.70. The van der Waals surface area contributed by atoms with Crippen LogP contribution >= 0.6 is 0 Å². The number of carbonyl (C=O) groups excluding carboxylic acids is 1. The second kappa shape index (κ2) is 5.07. The molecule has 1 aliphatic rings. The second-order valence-electron chi connectivity index (χ2n) is 4.01. The molecule has 86 valence electrons. The fourth-order valence-electron chi connectivity index (χ4n) is 1.86. The number of amides is 1. The van der Waals surface area contributed by atoms with Gasteiger partial charge in [-0.15, -0.1) is 0 Å². The minimum Gasteiger partial charge on any atom is -0.355 e. The van der Waals surface area contributed by atoms with Gasteiger partial charge in [0.25, 0.3) is 0 Å². The maximum absolute atomic E-state index is 13.0. The summed E-state index contributed by atoms with van der Waals surface area (Å²) in [6, 6.07) is 6.60. The van der Waals surface area contributed by atoms with Crippen LogP contribution < -0.4 is 5.32 Å². The molecule has 0 bridgehead atoms. The molecule has 1 fully saturated rings. The first-order valence-electron chi connectivity index (χ1n) is 5.47. The molecule has 1 saturated heterocycles. The zero-order chi connectivity index (χ0) is 11.4. The molecule has 0 atom stereocenters. The molecule has 4 heteroatoms. The topological polar surface area (TPSA) is 32.3 Å². The number of nitrogens with one attached hydrogen (secondary N) is 1. The van der Waals surface area contributed by atoms with Crippen LogP contribution in [0.15, 0.2) is 24.3 Å². The number of nitrogens with zero attached hydrogens (tertiary/aromatic N) is 1. The smallest absolute Gasteiger partial charge is 0.221 e. The monoisotopic (exact) mass is 222 g/mol. The van der Waals surface area contributed by atoms with Gasteiger partial charge < -0.3 is 5.32 Å². The van der Waals surface area contributed by atoms with Crippen molar-refractivity contribution in [1.29, 1.82) is 0 Å². The average molecular weight is 222 g/mol. The van der Waals surface area contributed by atoms with Crippen molar-refractivity contribution in [2.24, 2.45) is 0 Å². The van der Waals surface area contributed by atoms with Crippen LogP contribution in [0, 0.1) is 5.82 Å². The third kappa shape index (κ3) is 3.03. The lowest BCUT2D eigenvalue weighted by molar-refractivity contribution is -0.120. The molecule has 2 rings (SSSR count). The zero-order valence-electron chi connectivity index (χ0n) is 9.08. The quantitative estimate of drug-likeness (QED) is 0.814. The molecule has 1 aromatic rings. The van der Waals surface area contributed by atoms with E-state index in [2.05, 4.69) is 10.2 Å². The van der Waals surface area contributed by atoms with Crippen LogP contribution in [0.2, 0.25) is 0 Å². The molecule has 0 aliphatic carbocycles. The Kier molecular flexibility index (Phi) is 3.51. The minimum absolute atomic E-state index is 0.0988. The molecule has 16 heavy (non-hydrogen) atoms. The summed E-state index contributed by atoms with van der Waals surface area (Å²) in [5, 5.41) is 2.82. The number of hydrogen-bond acceptors (Lipinski definition) is 2. The fourth-order valence-corrected chi connectivity index (χ4v) is 1.86. The Balaban J connectivity index is 1.96. The van der Waals surface area contributed by atoms with E-state index < -0.39 is 0 Å². The summed E-state index contributed by atoms with van der Waals surface area (Å²) in [5.74, 6) is -0.108. The second-order valence-corrected chi connectivity index (χ2v) is 4.01. The van der Waals surface area contributed by atoms with Gasteiger partial charge in [-0.05, 0) is 17.7 Å². The van der Waals surface area contributed by atoms with Crippen molar-refractivity contribution in [2.75, 3.05) is 19.6 Å². The molecular formula is C12H15FN2O. The SMILES string of the molecule is O=C1CCN(Cc2cccc(F)c2)CCN1. The van der Waals surface area contributed by atoms with Crippen LogP contribution in [-0.4, -0.2) is 30.4 Å². The Morgan fingerprint density at radius 1 is 1.38 bits per heavy atom. The van der Waals surface area contributed by atoms with Crippen molar-refractivity contribution >= 4 is 5.91 Å². The lowest BCUT2D eigenvalue weighted by Gasteiger charge is -2.18. The van der Waals surface area contributed by atoms with Gasteiger partial charge in [0.15, 0.2) is 0 Å². The van der Waals surface area contributed by atoms with Gasteiger partial charge in [-0.3, -0.25) is 9.69 Å². The molecule has 0 radical (unpaired) electrons. The van der Waals surface area contributed by atoms with E-state index >= 15 is 0 Å². The molecule has 1 aliphatic heterocycles. The van der Waals surface area contributed by atoms with Gasteiger partial charge in [-0.25, -0.2) is 4.39 Å². The standard InChI is InChI=1S/C12H15FN2O/c13-11-3-1-2-10(8-11)9-15-6-4-12(16)14-5-7-15/h1-3,8H,4-7,9H2,(H,14,16). The van der Waals surface area contributed by atoms with Crippen molar-refractivity contribution in [1.82, 2.24) is 10.2 Å². The van der Waals surface area contributed by atoms with Crippen molar-refractivity contribution in [3.8, 4) is 0 Å². The fraction of sp³-hybridized carbons (Fsp3) is 0.417. The lowest BCUT2D eigenvalue weighted by Crippen LogP contribution is -2.28. The van der Waals surface area contributed by atoms with Crippen LogP contribution in [0.25, 0.3) is 0 Å². The van der Waals surface area contributed by atoms with Crippen LogP contribution in [0.1, 0.15) is 12.0 Å². The highest BCUT2D eigenvalue weighted by Gasteiger charge is 2.13. The molecule has 1 heterocycles. The first-order valence-corrected chi connectivity index (χ1v) is 5.47. The van der Waals surface area contributed by atoms with Gasteiger partial charge in [0, 0.05) is 32.6 Å². The highest BCUT2D eigenvalue weighted by Crippen LogP contribution is 2.08. The molecule has 0 spiro atoms. The van der Waals surface area contributed by atoms with Gasteiger partial charge in [-0.1, -0.05) is 12.1 Å². The molecule has 3 nitrogen and oxygen atoms in total. The first kappa shape index (κ1) is 11.1. The molecule has 0 unspecified atom stereocenters. The Morgan fingerprint density at radius 3 is 3.06 bits per heavy atom. The zero-order valence-corrected chi connectivity index (χ0v) is 9.08. The maximum Gasteiger partial charge on any atom is 0.221 e. The summed E-state index contributed by atoms with van der Waals surface area (Å²) in [6.45, 7) is 2.94. The predicted octanol–water partition coefficient (Wildman–Crippen LogP) is 1.15. The van der Waals surface area contributed by atoms with Crippen LogP contribution in [-0.2, 0) is 11.3 Å². The van der Waals surface area contributed by atoms with E-state index in [9.17, 15) is 9.18 Å². The van der Waals surface area contributed by atoms with Gasteiger partial charge >= 0.3 is 0 Å². The highest BCUT2D eigenvalue weighted by atomic mass is 19.1. The maximum atomic E-state index is 13.0. The molecule has 0 aromatic heterocycles. The molecular weight excluding hydrogens is 207 g/mol. The summed E-state index contributed by atoms with van der Waals surface area (Å²) in [4.78, 5) is 13.3. The van der Waals surface area contributed by atoms with E-state index in [-0.39, 0.29) is 11.7 Å². The lowest BCUT2D eigenvalue weighted by atomic mass is 10.2. The number of hydrogen-bond donors (Lipinski definition) is 1.